The lowest BCUT2D eigenvalue weighted by atomic mass is 10.1. The number of halogens is 1. The van der Waals surface area contributed by atoms with Gasteiger partial charge in [-0.3, -0.25) is 4.79 Å². The summed E-state index contributed by atoms with van der Waals surface area (Å²) in [6.07, 6.45) is 0. The van der Waals surface area contributed by atoms with Crippen molar-refractivity contribution < 1.29 is 9.53 Å². The van der Waals surface area contributed by atoms with Crippen LogP contribution in [0.25, 0.3) is 0 Å². The fraction of sp³-hybridized carbons (Fsp3) is 0.875. The van der Waals surface area contributed by atoms with Gasteiger partial charge in [-0.25, -0.2) is 0 Å². The Labute approximate surface area is 78.4 Å². The molecule has 0 aliphatic carbocycles. The summed E-state index contributed by atoms with van der Waals surface area (Å²) in [7, 11) is 1.60. The summed E-state index contributed by atoms with van der Waals surface area (Å²) < 4.78 is 4.89. The molecule has 0 aromatic heterocycles. The highest BCUT2D eigenvalue weighted by molar-refractivity contribution is 6.30. The van der Waals surface area contributed by atoms with Gasteiger partial charge in [-0.1, -0.05) is 6.92 Å². The Morgan fingerprint density at radius 1 is 1.67 bits per heavy atom. The van der Waals surface area contributed by atoms with Gasteiger partial charge in [0.2, 0.25) is 5.91 Å². The van der Waals surface area contributed by atoms with E-state index in [1.165, 1.54) is 0 Å². The summed E-state index contributed by atoms with van der Waals surface area (Å²) in [6.45, 7) is 4.87. The van der Waals surface area contributed by atoms with E-state index in [0.717, 1.165) is 0 Å². The second-order valence-electron chi connectivity index (χ2n) is 2.73. The fourth-order valence-corrected chi connectivity index (χ4v) is 1.03. The van der Waals surface area contributed by atoms with E-state index in [9.17, 15) is 4.79 Å². The zero-order valence-electron chi connectivity index (χ0n) is 7.76. The number of ether oxygens (including phenoxy) is 1. The number of nitrogens with one attached hydrogen (secondary N) is 1. The molecule has 0 saturated carbocycles. The minimum Gasteiger partial charge on any atom is -0.384 e. The van der Waals surface area contributed by atoms with Crippen LogP contribution in [0.1, 0.15) is 13.8 Å². The Balaban J connectivity index is 3.82. The smallest absolute Gasteiger partial charge is 0.238 e. The molecule has 0 heterocycles. The third kappa shape index (κ3) is 3.93. The minimum absolute atomic E-state index is 0.0446. The highest BCUT2D eigenvalue weighted by Crippen LogP contribution is 2.10. The van der Waals surface area contributed by atoms with E-state index < -0.39 is 5.38 Å². The SMILES string of the molecule is CCNC(=O)C(Cl)C(C)COC. The molecule has 0 saturated heterocycles. The molecule has 0 spiro atoms. The maximum Gasteiger partial charge on any atom is 0.238 e. The quantitative estimate of drug-likeness (QED) is 0.662. The van der Waals surface area contributed by atoms with Gasteiger partial charge < -0.3 is 10.1 Å². The van der Waals surface area contributed by atoms with E-state index >= 15 is 0 Å². The van der Waals surface area contributed by atoms with Gasteiger partial charge in [0.05, 0.1) is 6.61 Å². The summed E-state index contributed by atoms with van der Waals surface area (Å²) in [5.74, 6) is -0.0769. The Hall–Kier alpha value is -0.280. The Morgan fingerprint density at radius 3 is 2.67 bits per heavy atom. The summed E-state index contributed by atoms with van der Waals surface area (Å²) in [5, 5.41) is 2.16. The van der Waals surface area contributed by atoms with E-state index in [1.54, 1.807) is 7.11 Å². The van der Waals surface area contributed by atoms with Gasteiger partial charge in [-0.2, -0.15) is 0 Å². The molecular weight excluding hydrogens is 178 g/mol. The summed E-state index contributed by atoms with van der Waals surface area (Å²) in [5.41, 5.74) is 0. The van der Waals surface area contributed by atoms with Crippen molar-refractivity contribution in [2.45, 2.75) is 19.2 Å². The third-order valence-electron chi connectivity index (χ3n) is 1.53. The lowest BCUT2D eigenvalue weighted by molar-refractivity contribution is -0.121. The monoisotopic (exact) mass is 193 g/mol. The average molecular weight is 194 g/mol. The Morgan fingerprint density at radius 2 is 2.25 bits per heavy atom. The molecule has 0 fully saturated rings. The molecule has 2 unspecified atom stereocenters. The largest absolute Gasteiger partial charge is 0.384 e. The lowest BCUT2D eigenvalue weighted by Crippen LogP contribution is -2.36. The first-order valence-corrected chi connectivity index (χ1v) is 4.47. The lowest BCUT2D eigenvalue weighted by Gasteiger charge is -2.15. The topological polar surface area (TPSA) is 38.3 Å². The van der Waals surface area contributed by atoms with Gasteiger partial charge >= 0.3 is 0 Å². The molecule has 0 aromatic carbocycles. The summed E-state index contributed by atoms with van der Waals surface area (Å²) in [4.78, 5) is 11.2. The normalized spacial score (nSPS) is 15.3. The van der Waals surface area contributed by atoms with Crippen LogP contribution in [-0.4, -0.2) is 31.5 Å². The van der Waals surface area contributed by atoms with Crippen LogP contribution >= 0.6 is 11.6 Å². The van der Waals surface area contributed by atoms with Gasteiger partial charge in [0, 0.05) is 19.6 Å². The van der Waals surface area contributed by atoms with E-state index in [4.69, 9.17) is 16.3 Å². The number of carbonyl (C=O) groups excluding carboxylic acids is 1. The highest BCUT2D eigenvalue weighted by atomic mass is 35.5. The number of rotatable bonds is 5. The zero-order chi connectivity index (χ0) is 9.56. The molecule has 72 valence electrons. The van der Waals surface area contributed by atoms with Gasteiger partial charge in [0.15, 0.2) is 0 Å². The first-order chi connectivity index (χ1) is 5.63. The molecule has 2 atom stereocenters. The van der Waals surface area contributed by atoms with Crippen LogP contribution in [0, 0.1) is 5.92 Å². The van der Waals surface area contributed by atoms with Gasteiger partial charge in [-0.15, -0.1) is 11.6 Å². The first-order valence-electron chi connectivity index (χ1n) is 4.04. The van der Waals surface area contributed by atoms with Crippen LogP contribution in [0.5, 0.6) is 0 Å². The number of amides is 1. The Kier molecular flexibility index (Phi) is 6.11. The van der Waals surface area contributed by atoms with Crippen LogP contribution in [0.4, 0.5) is 0 Å². The number of hydrogen-bond donors (Lipinski definition) is 1. The molecule has 1 amide bonds. The third-order valence-corrected chi connectivity index (χ3v) is 2.16. The molecule has 12 heavy (non-hydrogen) atoms. The second kappa shape index (κ2) is 6.26. The van der Waals surface area contributed by atoms with Crippen molar-refractivity contribution in [2.75, 3.05) is 20.3 Å². The van der Waals surface area contributed by atoms with Crippen molar-refractivity contribution in [1.29, 1.82) is 0 Å². The maximum absolute atomic E-state index is 11.2. The molecule has 0 aliphatic rings. The van der Waals surface area contributed by atoms with E-state index in [2.05, 4.69) is 5.32 Å². The van der Waals surface area contributed by atoms with Crippen LogP contribution < -0.4 is 5.32 Å². The molecule has 0 aromatic rings. The fourth-order valence-electron chi connectivity index (χ4n) is 0.878. The molecule has 1 N–H and O–H groups in total. The zero-order valence-corrected chi connectivity index (χ0v) is 8.52. The number of alkyl halides is 1. The van der Waals surface area contributed by atoms with E-state index in [0.29, 0.717) is 13.2 Å². The van der Waals surface area contributed by atoms with Crippen molar-refractivity contribution >= 4 is 17.5 Å². The van der Waals surface area contributed by atoms with Crippen molar-refractivity contribution in [3.63, 3.8) is 0 Å². The molecule has 4 heteroatoms. The first kappa shape index (κ1) is 11.7. The average Bonchev–Trinajstić information content (AvgIpc) is 2.04. The van der Waals surface area contributed by atoms with E-state index in [1.807, 2.05) is 13.8 Å². The standard InChI is InChI=1S/C8H16ClNO2/c1-4-10-8(11)7(9)6(2)5-12-3/h6-7H,4-5H2,1-3H3,(H,10,11). The van der Waals surface area contributed by atoms with E-state index in [-0.39, 0.29) is 11.8 Å². The number of hydrogen-bond acceptors (Lipinski definition) is 2. The molecule has 0 radical (unpaired) electrons. The molecular formula is C8H16ClNO2. The minimum atomic E-state index is -0.495. The predicted octanol–water partition coefficient (Wildman–Crippen LogP) is 1.01. The van der Waals surface area contributed by atoms with Crippen LogP contribution in [0.2, 0.25) is 0 Å². The molecule has 0 bridgehead atoms. The molecule has 0 rings (SSSR count). The van der Waals surface area contributed by atoms with Crippen molar-refractivity contribution in [3.8, 4) is 0 Å². The second-order valence-corrected chi connectivity index (χ2v) is 3.20. The van der Waals surface area contributed by atoms with Crippen LogP contribution in [-0.2, 0) is 9.53 Å². The van der Waals surface area contributed by atoms with Crippen molar-refractivity contribution in [1.82, 2.24) is 5.32 Å². The summed E-state index contributed by atoms with van der Waals surface area (Å²) >= 11 is 5.85. The van der Waals surface area contributed by atoms with Gasteiger partial charge in [0.1, 0.15) is 5.38 Å². The highest BCUT2D eigenvalue weighted by Gasteiger charge is 2.21. The molecule has 3 nitrogen and oxygen atoms in total. The van der Waals surface area contributed by atoms with Gasteiger partial charge in [-0.05, 0) is 6.92 Å². The maximum atomic E-state index is 11.2. The van der Waals surface area contributed by atoms with Crippen LogP contribution in [0.3, 0.4) is 0 Å². The molecule has 0 aliphatic heterocycles. The number of methoxy groups -OCH3 is 1. The number of carbonyl (C=O) groups is 1. The van der Waals surface area contributed by atoms with Gasteiger partial charge in [0.25, 0.3) is 0 Å². The Bertz CT molecular complexity index is 141. The predicted molar refractivity (Wildman–Crippen MR) is 49.4 cm³/mol. The van der Waals surface area contributed by atoms with Crippen molar-refractivity contribution in [2.24, 2.45) is 5.92 Å². The van der Waals surface area contributed by atoms with Crippen molar-refractivity contribution in [3.05, 3.63) is 0 Å². The van der Waals surface area contributed by atoms with Crippen LogP contribution in [0.15, 0.2) is 0 Å². The summed E-state index contributed by atoms with van der Waals surface area (Å²) in [6, 6.07) is 0.